The summed E-state index contributed by atoms with van der Waals surface area (Å²) in [5, 5.41) is 11.8. The van der Waals surface area contributed by atoms with Gasteiger partial charge < -0.3 is 15.2 Å². The van der Waals surface area contributed by atoms with Crippen molar-refractivity contribution in [2.24, 2.45) is 5.41 Å². The molecule has 0 atom stereocenters. The first-order valence-corrected chi connectivity index (χ1v) is 5.39. The van der Waals surface area contributed by atoms with Crippen LogP contribution in [0.1, 0.15) is 33.1 Å². The Morgan fingerprint density at radius 2 is 2.00 bits per heavy atom. The highest BCUT2D eigenvalue weighted by atomic mass is 16.5. The number of ether oxygens (including phenoxy) is 1. The molecule has 0 aliphatic heterocycles. The summed E-state index contributed by atoms with van der Waals surface area (Å²) < 4.78 is 4.91. The van der Waals surface area contributed by atoms with Crippen LogP contribution in [0.5, 0.6) is 0 Å². The molecule has 0 aliphatic carbocycles. The summed E-state index contributed by atoms with van der Waals surface area (Å²) in [5.41, 5.74) is 0.0957. The summed E-state index contributed by atoms with van der Waals surface area (Å²) in [5.74, 6) is -0.713. The van der Waals surface area contributed by atoms with Crippen molar-refractivity contribution in [1.82, 2.24) is 5.32 Å². The zero-order chi connectivity index (χ0) is 11.7. The van der Waals surface area contributed by atoms with Crippen LogP contribution in [0.4, 0.5) is 0 Å². The van der Waals surface area contributed by atoms with E-state index in [0.29, 0.717) is 0 Å². The van der Waals surface area contributed by atoms with E-state index in [2.05, 4.69) is 19.2 Å². The van der Waals surface area contributed by atoms with Crippen molar-refractivity contribution in [1.29, 1.82) is 0 Å². The molecule has 0 fully saturated rings. The maximum atomic E-state index is 10.4. The van der Waals surface area contributed by atoms with E-state index in [1.165, 1.54) is 0 Å². The highest BCUT2D eigenvalue weighted by Crippen LogP contribution is 2.25. The van der Waals surface area contributed by atoms with Crippen molar-refractivity contribution >= 4 is 5.97 Å². The Labute approximate surface area is 92.0 Å². The number of methoxy groups -OCH3 is 1. The van der Waals surface area contributed by atoms with Crippen LogP contribution < -0.4 is 5.32 Å². The molecular weight excluding hydrogens is 194 g/mol. The highest BCUT2D eigenvalue weighted by molar-refractivity contribution is 5.66. The lowest BCUT2D eigenvalue weighted by Gasteiger charge is -2.23. The fourth-order valence-electron chi connectivity index (χ4n) is 1.30. The molecule has 0 spiro atoms. The van der Waals surface area contributed by atoms with E-state index in [9.17, 15) is 4.79 Å². The van der Waals surface area contributed by atoms with Gasteiger partial charge in [0.25, 0.3) is 0 Å². The van der Waals surface area contributed by atoms with E-state index in [1.54, 1.807) is 7.11 Å². The first-order valence-electron chi connectivity index (χ1n) is 5.39. The van der Waals surface area contributed by atoms with Crippen molar-refractivity contribution in [3.8, 4) is 0 Å². The molecule has 0 rings (SSSR count). The summed E-state index contributed by atoms with van der Waals surface area (Å²) in [6, 6.07) is 0. The summed E-state index contributed by atoms with van der Waals surface area (Å²) >= 11 is 0. The molecule has 4 heteroatoms. The van der Waals surface area contributed by atoms with Gasteiger partial charge in [-0.05, 0) is 24.8 Å². The predicted molar refractivity (Wildman–Crippen MR) is 60.0 cm³/mol. The number of hydrogen-bond acceptors (Lipinski definition) is 3. The molecule has 0 radical (unpaired) electrons. The minimum Gasteiger partial charge on any atom is -0.481 e. The quantitative estimate of drug-likeness (QED) is 0.575. The molecule has 4 nitrogen and oxygen atoms in total. The second-order valence-electron chi connectivity index (χ2n) is 4.55. The second-order valence-corrected chi connectivity index (χ2v) is 4.55. The van der Waals surface area contributed by atoms with E-state index in [1.807, 2.05) is 0 Å². The van der Waals surface area contributed by atoms with Gasteiger partial charge in [0.05, 0.1) is 6.61 Å². The molecule has 0 saturated carbocycles. The van der Waals surface area contributed by atoms with Gasteiger partial charge in [-0.25, -0.2) is 0 Å². The van der Waals surface area contributed by atoms with Gasteiger partial charge in [0.15, 0.2) is 0 Å². The molecule has 0 saturated heterocycles. The van der Waals surface area contributed by atoms with Gasteiger partial charge in [-0.2, -0.15) is 0 Å². The number of carbonyl (C=O) groups is 1. The predicted octanol–water partition coefficient (Wildman–Crippen LogP) is 1.50. The van der Waals surface area contributed by atoms with Crippen LogP contribution in [0.3, 0.4) is 0 Å². The first-order chi connectivity index (χ1) is 6.98. The second kappa shape index (κ2) is 7.65. The van der Waals surface area contributed by atoms with Gasteiger partial charge in [0.2, 0.25) is 0 Å². The average molecular weight is 217 g/mol. The third-order valence-corrected chi connectivity index (χ3v) is 2.48. The minimum atomic E-state index is -0.713. The number of aliphatic carboxylic acids is 1. The van der Waals surface area contributed by atoms with Crippen LogP contribution in [0.2, 0.25) is 0 Å². The zero-order valence-electron chi connectivity index (χ0n) is 10.0. The highest BCUT2D eigenvalue weighted by Gasteiger charge is 2.18. The Balaban J connectivity index is 3.50. The van der Waals surface area contributed by atoms with Crippen LogP contribution in [-0.4, -0.2) is 37.9 Å². The molecule has 2 N–H and O–H groups in total. The molecule has 0 aromatic rings. The largest absolute Gasteiger partial charge is 0.481 e. The van der Waals surface area contributed by atoms with Gasteiger partial charge in [-0.3, -0.25) is 4.79 Å². The molecule has 0 aromatic carbocycles. The lowest BCUT2D eigenvalue weighted by molar-refractivity contribution is -0.137. The standard InChI is InChI=1S/C11H23NO3/c1-11(2,5-4-10(13)14)6-7-12-8-9-15-3/h12H,4-9H2,1-3H3,(H,13,14). The Kier molecular flexibility index (Phi) is 7.34. The summed E-state index contributed by atoms with van der Waals surface area (Å²) in [4.78, 5) is 10.4. The van der Waals surface area contributed by atoms with Gasteiger partial charge in [-0.1, -0.05) is 13.8 Å². The van der Waals surface area contributed by atoms with Crippen molar-refractivity contribution in [3.05, 3.63) is 0 Å². The van der Waals surface area contributed by atoms with Gasteiger partial charge >= 0.3 is 5.97 Å². The molecule has 0 unspecified atom stereocenters. The van der Waals surface area contributed by atoms with Crippen molar-refractivity contribution in [2.45, 2.75) is 33.1 Å². The maximum absolute atomic E-state index is 10.4. The molecule has 0 aliphatic rings. The monoisotopic (exact) mass is 217 g/mol. The topological polar surface area (TPSA) is 58.6 Å². The minimum absolute atomic E-state index is 0.0957. The van der Waals surface area contributed by atoms with Crippen LogP contribution in [-0.2, 0) is 9.53 Å². The average Bonchev–Trinajstić information content (AvgIpc) is 2.15. The van der Waals surface area contributed by atoms with Crippen LogP contribution in [0.25, 0.3) is 0 Å². The lowest BCUT2D eigenvalue weighted by atomic mass is 9.84. The molecule has 0 amide bonds. The summed E-state index contributed by atoms with van der Waals surface area (Å²) in [6.07, 6.45) is 1.98. The maximum Gasteiger partial charge on any atom is 0.303 e. The van der Waals surface area contributed by atoms with E-state index < -0.39 is 5.97 Å². The molecule has 0 aromatic heterocycles. The number of hydrogen-bond donors (Lipinski definition) is 2. The van der Waals surface area contributed by atoms with Crippen molar-refractivity contribution in [3.63, 3.8) is 0 Å². The number of carboxylic acids is 1. The van der Waals surface area contributed by atoms with E-state index in [-0.39, 0.29) is 11.8 Å². The Morgan fingerprint density at radius 1 is 1.33 bits per heavy atom. The molecule has 0 bridgehead atoms. The fraction of sp³-hybridized carbons (Fsp3) is 0.909. The molecular formula is C11H23NO3. The zero-order valence-corrected chi connectivity index (χ0v) is 10.0. The van der Waals surface area contributed by atoms with E-state index in [0.717, 1.165) is 32.5 Å². The van der Waals surface area contributed by atoms with Crippen LogP contribution in [0.15, 0.2) is 0 Å². The van der Waals surface area contributed by atoms with Gasteiger partial charge in [0, 0.05) is 20.1 Å². The molecule has 90 valence electrons. The Hall–Kier alpha value is -0.610. The Morgan fingerprint density at radius 3 is 2.53 bits per heavy atom. The number of rotatable bonds is 9. The Bertz CT molecular complexity index is 181. The number of carboxylic acid groups (broad SMARTS) is 1. The van der Waals surface area contributed by atoms with Crippen LogP contribution >= 0.6 is 0 Å². The summed E-state index contributed by atoms with van der Waals surface area (Å²) in [7, 11) is 1.68. The number of nitrogens with one attached hydrogen (secondary N) is 1. The van der Waals surface area contributed by atoms with Crippen molar-refractivity contribution < 1.29 is 14.6 Å². The van der Waals surface area contributed by atoms with Crippen molar-refractivity contribution in [2.75, 3.05) is 26.8 Å². The van der Waals surface area contributed by atoms with Crippen LogP contribution in [0, 0.1) is 5.41 Å². The van der Waals surface area contributed by atoms with Gasteiger partial charge in [-0.15, -0.1) is 0 Å². The smallest absolute Gasteiger partial charge is 0.303 e. The SMILES string of the molecule is COCCNCCC(C)(C)CCC(=O)O. The normalized spacial score (nSPS) is 11.7. The summed E-state index contributed by atoms with van der Waals surface area (Å²) in [6.45, 7) is 6.69. The first kappa shape index (κ1) is 14.4. The molecule has 15 heavy (non-hydrogen) atoms. The van der Waals surface area contributed by atoms with Gasteiger partial charge in [0.1, 0.15) is 0 Å². The fourth-order valence-corrected chi connectivity index (χ4v) is 1.30. The third-order valence-electron chi connectivity index (χ3n) is 2.48. The van der Waals surface area contributed by atoms with E-state index >= 15 is 0 Å². The van der Waals surface area contributed by atoms with E-state index in [4.69, 9.17) is 9.84 Å². The molecule has 0 heterocycles. The third kappa shape index (κ3) is 9.69. The lowest BCUT2D eigenvalue weighted by Crippen LogP contribution is -2.25.